The molecule has 1 aromatic carbocycles. The molecule has 0 fully saturated rings. The monoisotopic (exact) mass is 286 g/mol. The molecule has 1 aromatic rings. The molecule has 1 heteroatoms. The number of rotatable bonds is 5. The number of halogens is 1. The zero-order chi connectivity index (χ0) is 9.52. The number of benzene rings is 1. The molecule has 70 valence electrons. The van der Waals surface area contributed by atoms with Crippen molar-refractivity contribution in [2.24, 2.45) is 0 Å². The van der Waals surface area contributed by atoms with E-state index in [1.54, 1.807) is 0 Å². The molecular formula is C12H15I. The van der Waals surface area contributed by atoms with E-state index in [9.17, 15) is 0 Å². The largest absolute Gasteiger partial charge is 0.103 e. The molecule has 0 saturated carbocycles. The van der Waals surface area contributed by atoms with Gasteiger partial charge in [0.15, 0.2) is 0 Å². The van der Waals surface area contributed by atoms with E-state index >= 15 is 0 Å². The van der Waals surface area contributed by atoms with Crippen LogP contribution < -0.4 is 0 Å². The van der Waals surface area contributed by atoms with Gasteiger partial charge in [0.05, 0.1) is 0 Å². The fourth-order valence-electron chi connectivity index (χ4n) is 1.27. The molecule has 0 amide bonds. The summed E-state index contributed by atoms with van der Waals surface area (Å²) in [4.78, 5) is 0. The van der Waals surface area contributed by atoms with E-state index in [1.165, 1.54) is 28.4 Å². The van der Waals surface area contributed by atoms with Crippen molar-refractivity contribution >= 4 is 22.6 Å². The first-order chi connectivity index (χ1) is 6.33. The average molecular weight is 286 g/mol. The molecule has 13 heavy (non-hydrogen) atoms. The molecule has 0 aliphatic carbocycles. The number of unbranched alkanes of at least 4 members (excludes halogenated alkanes) is 2. The van der Waals surface area contributed by atoms with Crippen LogP contribution in [0.3, 0.4) is 0 Å². The predicted octanol–water partition coefficient (Wildman–Crippen LogP) is 4.19. The fraction of sp³-hybridized carbons (Fsp3) is 0.333. The van der Waals surface area contributed by atoms with Crippen molar-refractivity contribution in [1.29, 1.82) is 0 Å². The summed E-state index contributed by atoms with van der Waals surface area (Å²) in [6.45, 7) is 3.72. The van der Waals surface area contributed by atoms with Gasteiger partial charge in [-0.15, -0.1) is 6.58 Å². The lowest BCUT2D eigenvalue weighted by Crippen LogP contribution is -1.85. The number of hydrogen-bond acceptors (Lipinski definition) is 0. The van der Waals surface area contributed by atoms with Gasteiger partial charge in [0.25, 0.3) is 0 Å². The quantitative estimate of drug-likeness (QED) is 0.432. The van der Waals surface area contributed by atoms with Gasteiger partial charge in [0, 0.05) is 3.57 Å². The molecule has 1 rings (SSSR count). The van der Waals surface area contributed by atoms with Crippen molar-refractivity contribution in [2.45, 2.75) is 25.7 Å². The molecular weight excluding hydrogens is 271 g/mol. The molecule has 0 aliphatic rings. The highest BCUT2D eigenvalue weighted by Gasteiger charge is 1.92. The highest BCUT2D eigenvalue weighted by Crippen LogP contribution is 2.10. The first-order valence-electron chi connectivity index (χ1n) is 4.68. The van der Waals surface area contributed by atoms with Crippen LogP contribution in [0, 0.1) is 3.57 Å². The molecule has 0 aromatic heterocycles. The van der Waals surface area contributed by atoms with Crippen LogP contribution in [0.25, 0.3) is 0 Å². The van der Waals surface area contributed by atoms with Gasteiger partial charge < -0.3 is 0 Å². The minimum absolute atomic E-state index is 1.14. The molecule has 0 unspecified atom stereocenters. The topological polar surface area (TPSA) is 0 Å². The zero-order valence-corrected chi connectivity index (χ0v) is 9.96. The third kappa shape index (κ3) is 4.46. The Hall–Kier alpha value is -0.310. The maximum atomic E-state index is 3.72. The fourth-order valence-corrected chi connectivity index (χ4v) is 1.63. The van der Waals surface area contributed by atoms with Crippen LogP contribution in [-0.2, 0) is 6.42 Å². The molecule has 0 bridgehead atoms. The Bertz CT molecular complexity index is 248. The van der Waals surface area contributed by atoms with Crippen molar-refractivity contribution in [2.75, 3.05) is 0 Å². The van der Waals surface area contributed by atoms with Crippen molar-refractivity contribution in [3.8, 4) is 0 Å². The second kappa shape index (κ2) is 6.19. The summed E-state index contributed by atoms with van der Waals surface area (Å²) in [7, 11) is 0. The highest BCUT2D eigenvalue weighted by molar-refractivity contribution is 14.1. The van der Waals surface area contributed by atoms with E-state index in [1.807, 2.05) is 6.08 Å². The van der Waals surface area contributed by atoms with E-state index in [4.69, 9.17) is 0 Å². The van der Waals surface area contributed by atoms with Crippen LogP contribution in [0.4, 0.5) is 0 Å². The number of allylic oxidation sites excluding steroid dienone is 1. The van der Waals surface area contributed by atoms with Gasteiger partial charge in [-0.25, -0.2) is 0 Å². The zero-order valence-electron chi connectivity index (χ0n) is 7.80. The van der Waals surface area contributed by atoms with E-state index < -0.39 is 0 Å². The number of hydrogen-bond donors (Lipinski definition) is 0. The van der Waals surface area contributed by atoms with Gasteiger partial charge in [-0.2, -0.15) is 0 Å². The first kappa shape index (κ1) is 10.8. The maximum Gasteiger partial charge on any atom is 0.0130 e. The molecule has 0 radical (unpaired) electrons. The molecule has 0 nitrogen and oxygen atoms in total. The van der Waals surface area contributed by atoms with Gasteiger partial charge >= 0.3 is 0 Å². The van der Waals surface area contributed by atoms with Gasteiger partial charge in [-0.3, -0.25) is 0 Å². The Kier molecular flexibility index (Phi) is 5.13. The summed E-state index contributed by atoms with van der Waals surface area (Å²) >= 11 is 2.33. The lowest BCUT2D eigenvalue weighted by molar-refractivity contribution is 0.748. The summed E-state index contributed by atoms with van der Waals surface area (Å²) in [6, 6.07) is 8.78. The molecule has 0 atom stereocenters. The van der Waals surface area contributed by atoms with Crippen LogP contribution in [-0.4, -0.2) is 0 Å². The molecule has 0 aliphatic heterocycles. The summed E-state index contributed by atoms with van der Waals surface area (Å²) < 4.78 is 1.31. The van der Waals surface area contributed by atoms with Crippen LogP contribution in [0.2, 0.25) is 0 Å². The standard InChI is InChI=1S/C12H15I/c1-2-3-4-5-6-11-7-9-12(13)10-8-11/h2,7-10H,1,3-6H2. The van der Waals surface area contributed by atoms with Crippen molar-refractivity contribution < 1.29 is 0 Å². The summed E-state index contributed by atoms with van der Waals surface area (Å²) in [5, 5.41) is 0. The van der Waals surface area contributed by atoms with Crippen LogP contribution in [0.1, 0.15) is 24.8 Å². The molecule has 0 N–H and O–H groups in total. The lowest BCUT2D eigenvalue weighted by atomic mass is 10.1. The minimum atomic E-state index is 1.14. The van der Waals surface area contributed by atoms with Crippen LogP contribution >= 0.6 is 22.6 Å². The Morgan fingerprint density at radius 3 is 2.46 bits per heavy atom. The first-order valence-corrected chi connectivity index (χ1v) is 5.76. The minimum Gasteiger partial charge on any atom is -0.103 e. The Morgan fingerprint density at radius 1 is 1.15 bits per heavy atom. The second-order valence-electron chi connectivity index (χ2n) is 3.16. The third-order valence-corrected chi connectivity index (χ3v) is 2.76. The van der Waals surface area contributed by atoms with Crippen LogP contribution in [0.15, 0.2) is 36.9 Å². The van der Waals surface area contributed by atoms with E-state index in [-0.39, 0.29) is 0 Å². The number of aryl methyl sites for hydroxylation is 1. The maximum absolute atomic E-state index is 3.72. The smallest absolute Gasteiger partial charge is 0.0130 e. The highest BCUT2D eigenvalue weighted by atomic mass is 127. The Balaban J connectivity index is 2.28. The lowest BCUT2D eigenvalue weighted by Gasteiger charge is -2.00. The SMILES string of the molecule is C=CCCCCc1ccc(I)cc1. The summed E-state index contributed by atoms with van der Waals surface area (Å²) in [6.07, 6.45) is 6.87. The molecule has 0 saturated heterocycles. The van der Waals surface area contributed by atoms with Gasteiger partial charge in [0.1, 0.15) is 0 Å². The van der Waals surface area contributed by atoms with E-state index in [0.29, 0.717) is 0 Å². The van der Waals surface area contributed by atoms with Crippen molar-refractivity contribution in [3.63, 3.8) is 0 Å². The molecule has 0 spiro atoms. The van der Waals surface area contributed by atoms with Crippen molar-refractivity contribution in [3.05, 3.63) is 46.1 Å². The van der Waals surface area contributed by atoms with Crippen LogP contribution in [0.5, 0.6) is 0 Å². The van der Waals surface area contributed by atoms with Gasteiger partial charge in [0.2, 0.25) is 0 Å². The molecule has 0 heterocycles. The van der Waals surface area contributed by atoms with Crippen molar-refractivity contribution in [1.82, 2.24) is 0 Å². The van der Waals surface area contributed by atoms with E-state index in [2.05, 4.69) is 53.4 Å². The Labute approximate surface area is 94.2 Å². The van der Waals surface area contributed by atoms with Gasteiger partial charge in [-0.05, 0) is 66.0 Å². The predicted molar refractivity (Wildman–Crippen MR) is 66.9 cm³/mol. The normalized spacial score (nSPS) is 9.92. The summed E-state index contributed by atoms with van der Waals surface area (Å²) in [5.74, 6) is 0. The average Bonchev–Trinajstić information content (AvgIpc) is 2.15. The van der Waals surface area contributed by atoms with Gasteiger partial charge in [-0.1, -0.05) is 18.2 Å². The third-order valence-electron chi connectivity index (χ3n) is 2.04. The second-order valence-corrected chi connectivity index (χ2v) is 4.41. The Morgan fingerprint density at radius 2 is 1.85 bits per heavy atom. The van der Waals surface area contributed by atoms with E-state index in [0.717, 1.165) is 6.42 Å². The summed E-state index contributed by atoms with van der Waals surface area (Å²) in [5.41, 5.74) is 1.45.